The molecule has 148 valence electrons. The van der Waals surface area contributed by atoms with Gasteiger partial charge >= 0.3 is 0 Å². The number of hydrogen-bond acceptors (Lipinski definition) is 6. The first kappa shape index (κ1) is 18.7. The van der Waals surface area contributed by atoms with Gasteiger partial charge in [0, 0.05) is 25.7 Å². The highest BCUT2D eigenvalue weighted by Crippen LogP contribution is 2.24. The van der Waals surface area contributed by atoms with E-state index in [2.05, 4.69) is 42.2 Å². The fourth-order valence-corrected chi connectivity index (χ4v) is 3.82. The first-order chi connectivity index (χ1) is 13.9. The van der Waals surface area contributed by atoms with Crippen molar-refractivity contribution >= 4 is 17.3 Å². The van der Waals surface area contributed by atoms with Crippen LogP contribution < -0.4 is 15.5 Å². The first-order valence-electron chi connectivity index (χ1n) is 10.4. The van der Waals surface area contributed by atoms with Crippen LogP contribution >= 0.6 is 0 Å². The Hall–Kier alpha value is -2.67. The van der Waals surface area contributed by atoms with E-state index in [0.717, 1.165) is 61.3 Å². The van der Waals surface area contributed by atoms with Gasteiger partial charge in [-0.3, -0.25) is 4.40 Å². The second-order valence-electron chi connectivity index (χ2n) is 7.05. The van der Waals surface area contributed by atoms with Gasteiger partial charge in [0.25, 0.3) is 0 Å². The van der Waals surface area contributed by atoms with E-state index in [4.69, 9.17) is 4.98 Å². The van der Waals surface area contributed by atoms with Crippen LogP contribution in [-0.2, 0) is 0 Å². The average Bonchev–Trinajstić information content (AvgIpc) is 3.51. The van der Waals surface area contributed by atoms with Crippen molar-refractivity contribution in [3.63, 3.8) is 0 Å². The molecular weight excluding hydrogens is 350 g/mol. The molecule has 1 unspecified atom stereocenters. The van der Waals surface area contributed by atoms with Crippen molar-refractivity contribution < 1.29 is 0 Å². The molecule has 2 aliphatic rings. The molecule has 2 aliphatic heterocycles. The van der Waals surface area contributed by atoms with E-state index in [1.807, 2.05) is 38.4 Å². The lowest BCUT2D eigenvalue weighted by molar-refractivity contribution is 0.788. The Morgan fingerprint density at radius 2 is 1.96 bits per heavy atom. The van der Waals surface area contributed by atoms with Crippen LogP contribution in [0.15, 0.2) is 36.8 Å². The first-order valence-corrected chi connectivity index (χ1v) is 10.4. The minimum atomic E-state index is 0.450. The SMILES string of the molecule is CC.c1cc(NC2CCNC2)nc(-c2cnc3cnc(N4CCCC4)cn23)c1. The Morgan fingerprint density at radius 3 is 2.75 bits per heavy atom. The third kappa shape index (κ3) is 3.80. The van der Waals surface area contributed by atoms with Crippen molar-refractivity contribution in [2.45, 2.75) is 39.2 Å². The van der Waals surface area contributed by atoms with Gasteiger partial charge in [0.05, 0.1) is 30.0 Å². The van der Waals surface area contributed by atoms with Crippen molar-refractivity contribution in [3.8, 4) is 11.4 Å². The number of hydrogen-bond donors (Lipinski definition) is 2. The smallest absolute Gasteiger partial charge is 0.155 e. The summed E-state index contributed by atoms with van der Waals surface area (Å²) in [6.07, 6.45) is 9.43. The second-order valence-corrected chi connectivity index (χ2v) is 7.05. The number of aromatic nitrogens is 4. The number of nitrogens with one attached hydrogen (secondary N) is 2. The molecule has 0 amide bonds. The van der Waals surface area contributed by atoms with E-state index >= 15 is 0 Å². The Bertz CT molecular complexity index is 908. The van der Waals surface area contributed by atoms with Crippen molar-refractivity contribution in [2.24, 2.45) is 0 Å². The molecule has 2 N–H and O–H groups in total. The van der Waals surface area contributed by atoms with Gasteiger partial charge in [-0.1, -0.05) is 19.9 Å². The topological polar surface area (TPSA) is 70.4 Å². The monoisotopic (exact) mass is 379 g/mol. The highest BCUT2D eigenvalue weighted by molar-refractivity contribution is 5.62. The molecule has 0 bridgehead atoms. The van der Waals surface area contributed by atoms with Gasteiger partial charge in [0.2, 0.25) is 0 Å². The van der Waals surface area contributed by atoms with Gasteiger partial charge in [-0.05, 0) is 37.9 Å². The number of rotatable bonds is 4. The van der Waals surface area contributed by atoms with Crippen LogP contribution in [0, 0.1) is 0 Å². The third-order valence-electron chi connectivity index (χ3n) is 5.24. The minimum Gasteiger partial charge on any atom is -0.366 e. The van der Waals surface area contributed by atoms with Gasteiger partial charge in [0.1, 0.15) is 11.6 Å². The van der Waals surface area contributed by atoms with E-state index in [1.54, 1.807) is 0 Å². The van der Waals surface area contributed by atoms with E-state index in [1.165, 1.54) is 12.8 Å². The molecule has 0 aromatic carbocycles. The zero-order chi connectivity index (χ0) is 19.3. The molecule has 1 atom stereocenters. The Labute approximate surface area is 166 Å². The zero-order valence-electron chi connectivity index (χ0n) is 16.7. The average molecular weight is 380 g/mol. The fraction of sp³-hybridized carbons (Fsp3) is 0.476. The Morgan fingerprint density at radius 1 is 1.11 bits per heavy atom. The predicted octanol–water partition coefficient (Wildman–Crippen LogP) is 3.19. The Kier molecular flexibility index (Phi) is 5.71. The summed E-state index contributed by atoms with van der Waals surface area (Å²) in [4.78, 5) is 16.2. The lowest BCUT2D eigenvalue weighted by Crippen LogP contribution is -2.22. The molecule has 2 saturated heterocycles. The maximum absolute atomic E-state index is 4.82. The number of anilines is 2. The van der Waals surface area contributed by atoms with Crippen molar-refractivity contribution in [2.75, 3.05) is 36.4 Å². The van der Waals surface area contributed by atoms with E-state index in [9.17, 15) is 0 Å². The van der Waals surface area contributed by atoms with Crippen LogP contribution in [0.5, 0.6) is 0 Å². The number of pyridine rings is 1. The zero-order valence-corrected chi connectivity index (χ0v) is 16.7. The molecule has 7 heteroatoms. The van der Waals surface area contributed by atoms with E-state index in [-0.39, 0.29) is 0 Å². The van der Waals surface area contributed by atoms with Gasteiger partial charge < -0.3 is 15.5 Å². The summed E-state index contributed by atoms with van der Waals surface area (Å²) in [5.74, 6) is 1.93. The summed E-state index contributed by atoms with van der Waals surface area (Å²) >= 11 is 0. The van der Waals surface area contributed by atoms with E-state index in [0.29, 0.717) is 6.04 Å². The third-order valence-corrected chi connectivity index (χ3v) is 5.24. The maximum atomic E-state index is 4.82. The largest absolute Gasteiger partial charge is 0.366 e. The van der Waals surface area contributed by atoms with Gasteiger partial charge in [-0.15, -0.1) is 0 Å². The van der Waals surface area contributed by atoms with Crippen molar-refractivity contribution in [3.05, 3.63) is 36.8 Å². The lowest BCUT2D eigenvalue weighted by atomic mass is 10.2. The summed E-state index contributed by atoms with van der Waals surface area (Å²) in [5.41, 5.74) is 2.77. The molecule has 5 rings (SSSR count). The summed E-state index contributed by atoms with van der Waals surface area (Å²) in [5, 5.41) is 6.90. The number of nitrogens with zero attached hydrogens (tertiary/aromatic N) is 5. The van der Waals surface area contributed by atoms with Crippen molar-refractivity contribution in [1.29, 1.82) is 0 Å². The molecule has 3 aromatic rings. The molecule has 0 radical (unpaired) electrons. The normalized spacial score (nSPS) is 18.9. The van der Waals surface area contributed by atoms with Crippen LogP contribution in [0.3, 0.4) is 0 Å². The standard InChI is InChI=1S/C19H23N7.C2H6/c1-2-9-25(8-1)19-13-26-16(11-21-18(26)12-22-19)15-4-3-5-17(24-15)23-14-6-7-20-10-14;1-2/h3-5,11-14,20H,1-2,6-10H2,(H,23,24);1-2H3. The number of fused-ring (bicyclic) bond motifs is 1. The highest BCUT2D eigenvalue weighted by Gasteiger charge is 2.17. The van der Waals surface area contributed by atoms with E-state index < -0.39 is 0 Å². The van der Waals surface area contributed by atoms with Gasteiger partial charge in [-0.25, -0.2) is 15.0 Å². The molecule has 7 nitrogen and oxygen atoms in total. The maximum Gasteiger partial charge on any atom is 0.155 e. The molecule has 3 aromatic heterocycles. The summed E-state index contributed by atoms with van der Waals surface area (Å²) in [6.45, 7) is 8.22. The van der Waals surface area contributed by atoms with Gasteiger partial charge in [0.15, 0.2) is 5.65 Å². The number of imidazole rings is 1. The van der Waals surface area contributed by atoms with Crippen LogP contribution in [0.25, 0.3) is 17.0 Å². The molecule has 28 heavy (non-hydrogen) atoms. The van der Waals surface area contributed by atoms with Crippen LogP contribution in [-0.4, -0.2) is 51.6 Å². The summed E-state index contributed by atoms with van der Waals surface area (Å²) in [6, 6.07) is 6.57. The molecular formula is C21H29N7. The summed E-state index contributed by atoms with van der Waals surface area (Å²) < 4.78 is 2.10. The van der Waals surface area contributed by atoms with Crippen LogP contribution in [0.4, 0.5) is 11.6 Å². The highest BCUT2D eigenvalue weighted by atomic mass is 15.2. The van der Waals surface area contributed by atoms with Gasteiger partial charge in [-0.2, -0.15) is 0 Å². The minimum absolute atomic E-state index is 0.450. The quantitative estimate of drug-likeness (QED) is 0.725. The molecule has 5 heterocycles. The fourth-order valence-electron chi connectivity index (χ4n) is 3.82. The van der Waals surface area contributed by atoms with Crippen LogP contribution in [0.2, 0.25) is 0 Å². The second kappa shape index (κ2) is 8.56. The van der Waals surface area contributed by atoms with Crippen LogP contribution in [0.1, 0.15) is 33.1 Å². The molecule has 2 fully saturated rings. The molecule has 0 spiro atoms. The molecule has 0 aliphatic carbocycles. The lowest BCUT2D eigenvalue weighted by Gasteiger charge is -2.16. The Balaban J connectivity index is 0.000000932. The van der Waals surface area contributed by atoms with Crippen molar-refractivity contribution in [1.82, 2.24) is 24.7 Å². The molecule has 0 saturated carbocycles. The predicted molar refractivity (Wildman–Crippen MR) is 114 cm³/mol. The summed E-state index contributed by atoms with van der Waals surface area (Å²) in [7, 11) is 0.